The van der Waals surface area contributed by atoms with Crippen molar-refractivity contribution in [1.82, 2.24) is 5.32 Å². The van der Waals surface area contributed by atoms with Gasteiger partial charge in [-0.1, -0.05) is 13.8 Å². The normalized spacial score (nSPS) is 30.0. The van der Waals surface area contributed by atoms with E-state index in [2.05, 4.69) is 26.1 Å². The molecular formula is C13H27NO3. The number of hydrogen-bond donors (Lipinski definition) is 1. The summed E-state index contributed by atoms with van der Waals surface area (Å²) in [7, 11) is 1.69. The van der Waals surface area contributed by atoms with Crippen molar-refractivity contribution in [2.75, 3.05) is 26.9 Å². The molecule has 0 aromatic heterocycles. The topological polar surface area (TPSA) is 39.7 Å². The van der Waals surface area contributed by atoms with Crippen molar-refractivity contribution in [3.63, 3.8) is 0 Å². The SMILES string of the molecule is CCNC1CC(OC(C)CC)C1OCCOC. The fraction of sp³-hybridized carbons (Fsp3) is 1.00. The van der Waals surface area contributed by atoms with Crippen molar-refractivity contribution >= 4 is 0 Å². The molecule has 0 spiro atoms. The van der Waals surface area contributed by atoms with Crippen LogP contribution in [0.25, 0.3) is 0 Å². The summed E-state index contributed by atoms with van der Waals surface area (Å²) in [5.74, 6) is 0. The zero-order valence-electron chi connectivity index (χ0n) is 11.6. The molecule has 0 aromatic carbocycles. The second kappa shape index (κ2) is 8.03. The molecule has 0 heterocycles. The molecule has 1 saturated carbocycles. The van der Waals surface area contributed by atoms with Crippen molar-refractivity contribution in [1.29, 1.82) is 0 Å². The highest BCUT2D eigenvalue weighted by Gasteiger charge is 2.42. The lowest BCUT2D eigenvalue weighted by Crippen LogP contribution is -2.60. The fourth-order valence-electron chi connectivity index (χ4n) is 2.06. The summed E-state index contributed by atoms with van der Waals surface area (Å²) in [6.07, 6.45) is 2.84. The molecule has 4 nitrogen and oxygen atoms in total. The summed E-state index contributed by atoms with van der Waals surface area (Å²) in [4.78, 5) is 0. The van der Waals surface area contributed by atoms with Gasteiger partial charge >= 0.3 is 0 Å². The Morgan fingerprint density at radius 1 is 1.29 bits per heavy atom. The Balaban J connectivity index is 2.32. The quantitative estimate of drug-likeness (QED) is 0.626. The largest absolute Gasteiger partial charge is 0.382 e. The number of methoxy groups -OCH3 is 1. The van der Waals surface area contributed by atoms with Gasteiger partial charge in [0.2, 0.25) is 0 Å². The minimum absolute atomic E-state index is 0.180. The maximum atomic E-state index is 5.95. The first kappa shape index (κ1) is 14.9. The van der Waals surface area contributed by atoms with Gasteiger partial charge < -0.3 is 19.5 Å². The van der Waals surface area contributed by atoms with Gasteiger partial charge in [-0.25, -0.2) is 0 Å². The van der Waals surface area contributed by atoms with Gasteiger partial charge in [0.1, 0.15) is 0 Å². The first-order chi connectivity index (χ1) is 8.22. The zero-order chi connectivity index (χ0) is 12.7. The molecule has 4 atom stereocenters. The highest BCUT2D eigenvalue weighted by Crippen LogP contribution is 2.28. The Morgan fingerprint density at radius 3 is 2.65 bits per heavy atom. The van der Waals surface area contributed by atoms with Crippen LogP contribution < -0.4 is 5.32 Å². The van der Waals surface area contributed by atoms with Crippen LogP contribution in [0, 0.1) is 0 Å². The lowest BCUT2D eigenvalue weighted by Gasteiger charge is -2.45. The van der Waals surface area contributed by atoms with Crippen molar-refractivity contribution in [3.05, 3.63) is 0 Å². The molecule has 1 fully saturated rings. The lowest BCUT2D eigenvalue weighted by molar-refractivity contribution is -0.168. The third-order valence-electron chi connectivity index (χ3n) is 3.30. The number of ether oxygens (including phenoxy) is 3. The van der Waals surface area contributed by atoms with E-state index in [1.165, 1.54) is 0 Å². The molecule has 4 unspecified atom stereocenters. The maximum Gasteiger partial charge on any atom is 0.0991 e. The average Bonchev–Trinajstić information content (AvgIpc) is 2.32. The zero-order valence-corrected chi connectivity index (χ0v) is 11.6. The Bertz CT molecular complexity index is 201. The van der Waals surface area contributed by atoms with Gasteiger partial charge in [-0.3, -0.25) is 0 Å². The number of rotatable bonds is 9. The average molecular weight is 245 g/mol. The molecule has 17 heavy (non-hydrogen) atoms. The predicted octanol–water partition coefficient (Wildman–Crippen LogP) is 1.58. The van der Waals surface area contributed by atoms with Crippen LogP contribution in [0.2, 0.25) is 0 Å². The number of likely N-dealkylation sites (N-methyl/N-ethyl adjacent to an activating group) is 1. The van der Waals surface area contributed by atoms with Gasteiger partial charge in [0, 0.05) is 13.2 Å². The van der Waals surface area contributed by atoms with Gasteiger partial charge in [-0.15, -0.1) is 0 Å². The van der Waals surface area contributed by atoms with E-state index in [1.54, 1.807) is 7.11 Å². The summed E-state index contributed by atoms with van der Waals surface area (Å²) in [6.45, 7) is 8.65. The summed E-state index contributed by atoms with van der Waals surface area (Å²) >= 11 is 0. The van der Waals surface area contributed by atoms with Crippen molar-refractivity contribution in [3.8, 4) is 0 Å². The summed E-state index contributed by atoms with van der Waals surface area (Å²) in [5, 5.41) is 3.43. The van der Waals surface area contributed by atoms with Crippen LogP contribution in [-0.2, 0) is 14.2 Å². The summed E-state index contributed by atoms with van der Waals surface area (Å²) < 4.78 is 16.8. The molecule has 4 heteroatoms. The van der Waals surface area contributed by atoms with E-state index in [0.29, 0.717) is 25.4 Å². The van der Waals surface area contributed by atoms with E-state index in [-0.39, 0.29) is 12.2 Å². The minimum atomic E-state index is 0.180. The molecule has 1 N–H and O–H groups in total. The first-order valence-corrected chi connectivity index (χ1v) is 6.72. The molecule has 0 radical (unpaired) electrons. The summed E-state index contributed by atoms with van der Waals surface area (Å²) in [6, 6.07) is 0.436. The molecule has 0 saturated heterocycles. The molecule has 1 rings (SSSR count). The van der Waals surface area contributed by atoms with Gasteiger partial charge in [-0.05, 0) is 26.3 Å². The van der Waals surface area contributed by atoms with E-state index >= 15 is 0 Å². The third-order valence-corrected chi connectivity index (χ3v) is 3.30. The molecule has 0 bridgehead atoms. The minimum Gasteiger partial charge on any atom is -0.382 e. The van der Waals surface area contributed by atoms with Crippen molar-refractivity contribution in [2.45, 2.75) is 58.0 Å². The number of nitrogens with one attached hydrogen (secondary N) is 1. The predicted molar refractivity (Wildman–Crippen MR) is 68.3 cm³/mol. The van der Waals surface area contributed by atoms with Gasteiger partial charge in [0.15, 0.2) is 0 Å². The molecule has 102 valence electrons. The highest BCUT2D eigenvalue weighted by atomic mass is 16.6. The van der Waals surface area contributed by atoms with E-state index in [1.807, 2.05) is 0 Å². The van der Waals surface area contributed by atoms with Crippen LogP contribution in [0.5, 0.6) is 0 Å². The van der Waals surface area contributed by atoms with E-state index in [0.717, 1.165) is 19.4 Å². The van der Waals surface area contributed by atoms with Crippen LogP contribution in [0.4, 0.5) is 0 Å². The van der Waals surface area contributed by atoms with Gasteiger partial charge in [-0.2, -0.15) is 0 Å². The van der Waals surface area contributed by atoms with Crippen LogP contribution in [0.3, 0.4) is 0 Å². The highest BCUT2D eigenvalue weighted by molar-refractivity contribution is 4.97. The second-order valence-electron chi connectivity index (χ2n) is 4.62. The smallest absolute Gasteiger partial charge is 0.0991 e. The lowest BCUT2D eigenvalue weighted by atomic mass is 9.85. The van der Waals surface area contributed by atoms with E-state index in [9.17, 15) is 0 Å². The van der Waals surface area contributed by atoms with Gasteiger partial charge in [0.25, 0.3) is 0 Å². The van der Waals surface area contributed by atoms with Crippen molar-refractivity contribution in [2.24, 2.45) is 0 Å². The molecule has 0 aliphatic heterocycles. The monoisotopic (exact) mass is 245 g/mol. The fourth-order valence-corrected chi connectivity index (χ4v) is 2.06. The second-order valence-corrected chi connectivity index (χ2v) is 4.62. The number of hydrogen-bond acceptors (Lipinski definition) is 4. The standard InChI is InChI=1S/C13H27NO3/c1-5-10(3)17-12-9-11(14-6-2)13(12)16-8-7-15-4/h10-14H,5-9H2,1-4H3. The molecule has 0 amide bonds. The maximum absolute atomic E-state index is 5.95. The molecule has 0 aromatic rings. The Labute approximate surface area is 105 Å². The Kier molecular flexibility index (Phi) is 7.04. The Morgan fingerprint density at radius 2 is 2.06 bits per heavy atom. The molecular weight excluding hydrogens is 218 g/mol. The van der Waals surface area contributed by atoms with E-state index < -0.39 is 0 Å². The Hall–Kier alpha value is -0.160. The van der Waals surface area contributed by atoms with E-state index in [4.69, 9.17) is 14.2 Å². The van der Waals surface area contributed by atoms with Crippen LogP contribution in [-0.4, -0.2) is 51.2 Å². The van der Waals surface area contributed by atoms with Crippen LogP contribution in [0.15, 0.2) is 0 Å². The van der Waals surface area contributed by atoms with Crippen LogP contribution in [0.1, 0.15) is 33.6 Å². The first-order valence-electron chi connectivity index (χ1n) is 6.72. The molecule has 1 aliphatic rings. The third kappa shape index (κ3) is 4.54. The molecule has 1 aliphatic carbocycles. The van der Waals surface area contributed by atoms with Crippen LogP contribution >= 0.6 is 0 Å². The van der Waals surface area contributed by atoms with Gasteiger partial charge in [0.05, 0.1) is 31.5 Å². The van der Waals surface area contributed by atoms with Crippen molar-refractivity contribution < 1.29 is 14.2 Å². The summed E-state index contributed by atoms with van der Waals surface area (Å²) in [5.41, 5.74) is 0.